The summed E-state index contributed by atoms with van der Waals surface area (Å²) in [7, 11) is 3.49. The molecule has 0 saturated heterocycles. The van der Waals surface area contributed by atoms with Gasteiger partial charge in [-0.1, -0.05) is 6.92 Å². The molecular formula is C21H28N6O7. The van der Waals surface area contributed by atoms with Crippen LogP contribution in [0.1, 0.15) is 43.1 Å². The lowest BCUT2D eigenvalue weighted by molar-refractivity contribution is -0.191. The van der Waals surface area contributed by atoms with E-state index in [9.17, 15) is 19.2 Å². The second kappa shape index (κ2) is 15.4. The number of rotatable bonds is 5. The summed E-state index contributed by atoms with van der Waals surface area (Å²) in [4.78, 5) is 61.2. The maximum atomic E-state index is 11.4. The van der Waals surface area contributed by atoms with Gasteiger partial charge in [0.15, 0.2) is 6.29 Å². The fourth-order valence-electron chi connectivity index (χ4n) is 2.39. The molecule has 3 N–H and O–H groups in total. The summed E-state index contributed by atoms with van der Waals surface area (Å²) in [6.07, 6.45) is 4.77. The zero-order valence-corrected chi connectivity index (χ0v) is 19.7. The van der Waals surface area contributed by atoms with Gasteiger partial charge < -0.3 is 15.5 Å². The number of esters is 1. The van der Waals surface area contributed by atoms with Crippen LogP contribution in [0.25, 0.3) is 11.0 Å². The number of nitrogens with two attached hydrogens (primary N) is 1. The number of carbonyl (C=O) groups excluding carboxylic acids is 5. The Hall–Kier alpha value is -4.38. The molecule has 13 heteroatoms. The molecule has 3 heterocycles. The molecule has 0 bridgehead atoms. The third-order valence-corrected chi connectivity index (χ3v) is 4.04. The Bertz CT molecular complexity index is 1190. The van der Waals surface area contributed by atoms with E-state index in [1.165, 1.54) is 17.8 Å². The highest BCUT2D eigenvalue weighted by atomic mass is 16.5. The number of carbonyl (C=O) groups is 3. The van der Waals surface area contributed by atoms with Gasteiger partial charge in [-0.2, -0.15) is 19.8 Å². The summed E-state index contributed by atoms with van der Waals surface area (Å²) in [6.45, 7) is 5.37. The van der Waals surface area contributed by atoms with Crippen LogP contribution in [0.3, 0.4) is 0 Å². The molecule has 0 saturated carbocycles. The molecule has 3 aromatic heterocycles. The van der Waals surface area contributed by atoms with E-state index in [1.54, 1.807) is 24.9 Å². The quantitative estimate of drug-likeness (QED) is 0.299. The van der Waals surface area contributed by atoms with Gasteiger partial charge in [0, 0.05) is 25.0 Å². The zero-order chi connectivity index (χ0) is 26.3. The van der Waals surface area contributed by atoms with Crippen LogP contribution in [0.15, 0.2) is 23.3 Å². The van der Waals surface area contributed by atoms with Crippen LogP contribution in [-0.2, 0) is 44.4 Å². The maximum absolute atomic E-state index is 11.4. The third kappa shape index (κ3) is 9.83. The Morgan fingerprint density at radius 2 is 1.76 bits per heavy atom. The van der Waals surface area contributed by atoms with Crippen molar-refractivity contribution in [2.45, 2.75) is 33.6 Å². The number of nitrogen functional groups attached to an aromatic ring is 1. The van der Waals surface area contributed by atoms with Gasteiger partial charge in [0.2, 0.25) is 0 Å². The fraction of sp³-hybridized carbons (Fsp3) is 0.381. The molecule has 0 spiro atoms. The summed E-state index contributed by atoms with van der Waals surface area (Å²) >= 11 is 0. The Morgan fingerprint density at radius 1 is 1.18 bits per heavy atom. The molecule has 0 aromatic carbocycles. The predicted octanol–water partition coefficient (Wildman–Crippen LogP) is 0.584. The summed E-state index contributed by atoms with van der Waals surface area (Å²) < 4.78 is 7.60. The number of aromatic nitrogens is 5. The molecule has 0 aliphatic carbocycles. The van der Waals surface area contributed by atoms with Gasteiger partial charge in [0.1, 0.15) is 23.7 Å². The first-order valence-corrected chi connectivity index (χ1v) is 9.96. The van der Waals surface area contributed by atoms with E-state index in [0.29, 0.717) is 24.3 Å². The van der Waals surface area contributed by atoms with Crippen LogP contribution in [0, 0.1) is 0 Å². The van der Waals surface area contributed by atoms with Gasteiger partial charge >= 0.3 is 12.1 Å². The Labute approximate surface area is 194 Å². The van der Waals surface area contributed by atoms with E-state index in [0.717, 1.165) is 23.0 Å². The molecule has 13 nitrogen and oxygen atoms in total. The second-order valence-electron chi connectivity index (χ2n) is 6.54. The molecule has 3 aromatic rings. The number of ketones is 1. The predicted molar refractivity (Wildman–Crippen MR) is 121 cm³/mol. The van der Waals surface area contributed by atoms with E-state index in [1.807, 2.05) is 20.0 Å². The molecule has 0 atom stereocenters. The van der Waals surface area contributed by atoms with E-state index < -0.39 is 5.97 Å². The van der Waals surface area contributed by atoms with E-state index in [4.69, 9.17) is 15.3 Å². The van der Waals surface area contributed by atoms with Crippen molar-refractivity contribution in [1.82, 2.24) is 24.5 Å². The zero-order valence-electron chi connectivity index (χ0n) is 19.7. The molecule has 0 amide bonds. The number of ether oxygens (including phenoxy) is 1. The Morgan fingerprint density at radius 3 is 2.18 bits per heavy atom. The highest BCUT2D eigenvalue weighted by molar-refractivity contribution is 5.94. The number of H-pyrrole nitrogens is 1. The molecule has 3 rings (SSSR count). The first-order valence-electron chi connectivity index (χ1n) is 9.96. The van der Waals surface area contributed by atoms with Gasteiger partial charge in [-0.3, -0.25) is 28.5 Å². The number of aromatic amines is 1. The number of Topliss-reactive ketones (excluding diaryl/α,β-unsaturated/α-hetero) is 1. The lowest BCUT2D eigenvalue weighted by atomic mass is 10.2. The van der Waals surface area contributed by atoms with E-state index in [2.05, 4.69) is 19.9 Å². The van der Waals surface area contributed by atoms with Gasteiger partial charge in [0.25, 0.3) is 5.56 Å². The van der Waals surface area contributed by atoms with E-state index in [-0.39, 0.29) is 23.9 Å². The molecule has 0 aliphatic rings. The average Bonchev–Trinajstić information content (AvgIpc) is 3.30. The van der Waals surface area contributed by atoms with Crippen molar-refractivity contribution in [2.24, 2.45) is 14.1 Å². The van der Waals surface area contributed by atoms with Crippen molar-refractivity contribution in [3.05, 3.63) is 39.9 Å². The summed E-state index contributed by atoms with van der Waals surface area (Å²) in [5.41, 5.74) is 7.40. The topological polar surface area (TPSA) is 189 Å². The smallest absolute Gasteiger partial charge is 0.373 e. The van der Waals surface area contributed by atoms with Gasteiger partial charge in [-0.15, -0.1) is 0 Å². The number of pyridine rings is 1. The Kier molecular flexibility index (Phi) is 13.4. The number of aldehydes is 1. The van der Waals surface area contributed by atoms with Crippen LogP contribution in [-0.4, -0.2) is 55.3 Å². The monoisotopic (exact) mass is 476 g/mol. The number of nitrogens with one attached hydrogen (secondary N) is 1. The third-order valence-electron chi connectivity index (χ3n) is 4.04. The van der Waals surface area contributed by atoms with Gasteiger partial charge in [-0.05, 0) is 26.3 Å². The van der Waals surface area contributed by atoms with Crippen molar-refractivity contribution in [3.63, 3.8) is 0 Å². The van der Waals surface area contributed by atoms with Crippen molar-refractivity contribution in [1.29, 1.82) is 0 Å². The van der Waals surface area contributed by atoms with Crippen molar-refractivity contribution < 1.29 is 28.7 Å². The normalized spacial score (nSPS) is 9.21. The summed E-state index contributed by atoms with van der Waals surface area (Å²) in [5.74, 6) is -0.191. The first-order chi connectivity index (χ1) is 16.1. The van der Waals surface area contributed by atoms with E-state index >= 15 is 0 Å². The molecular weight excluding hydrogens is 448 g/mol. The summed E-state index contributed by atoms with van der Waals surface area (Å²) in [5, 5.41) is 8.79. The largest absolute Gasteiger partial charge is 0.466 e. The molecule has 0 radical (unpaired) electrons. The minimum absolute atomic E-state index is 0.0152. The standard InChI is InChI=1S/C9H11N3O.C6H10O3.C5H7N3O.CO2/c1-3-6-4-7-5-10-12(2)8(7)11-9(6)13;1-3-9-6(8)4-5(2)7;1-8-5(6)4(3-9)2-7-8;2-1-3/h4-5H,3H2,1-2H3,(H,11,13);3-4H2,1-2H3;2-3H,6H2,1H3;. The van der Waals surface area contributed by atoms with Crippen molar-refractivity contribution in [2.75, 3.05) is 12.3 Å². The van der Waals surface area contributed by atoms with Crippen LogP contribution in [0.5, 0.6) is 0 Å². The number of fused-ring (bicyclic) bond motifs is 1. The molecule has 0 unspecified atom stereocenters. The summed E-state index contributed by atoms with van der Waals surface area (Å²) in [6, 6.07) is 1.89. The maximum Gasteiger partial charge on any atom is 0.373 e. The Balaban J connectivity index is 0.000000466. The van der Waals surface area contributed by atoms with Crippen molar-refractivity contribution in [3.8, 4) is 0 Å². The number of hydrogen-bond donors (Lipinski definition) is 2. The number of hydrogen-bond acceptors (Lipinski definition) is 10. The molecule has 0 fully saturated rings. The van der Waals surface area contributed by atoms with Crippen molar-refractivity contribution >= 4 is 41.0 Å². The highest BCUT2D eigenvalue weighted by Crippen LogP contribution is 2.08. The van der Waals surface area contributed by atoms with Crippen LogP contribution in [0.2, 0.25) is 0 Å². The minimum atomic E-state index is -0.440. The van der Waals surface area contributed by atoms with Gasteiger partial charge in [-0.25, -0.2) is 0 Å². The molecule has 34 heavy (non-hydrogen) atoms. The fourth-order valence-corrected chi connectivity index (χ4v) is 2.39. The second-order valence-corrected chi connectivity index (χ2v) is 6.54. The van der Waals surface area contributed by atoms with Gasteiger partial charge in [0.05, 0.1) is 24.6 Å². The highest BCUT2D eigenvalue weighted by Gasteiger charge is 2.04. The average molecular weight is 476 g/mol. The van der Waals surface area contributed by atoms with Crippen LogP contribution < -0.4 is 11.3 Å². The number of aryl methyl sites for hydroxylation is 3. The SMILES string of the molecule is CCOC(=O)CC(C)=O.CCc1cc2cnn(C)c2[nH]c1=O.Cn1ncc(C=O)c1N.O=C=O. The molecule has 0 aliphatic heterocycles. The number of nitrogens with zero attached hydrogens (tertiary/aromatic N) is 4. The number of anilines is 1. The van der Waals surface area contributed by atoms with Crippen LogP contribution >= 0.6 is 0 Å². The molecule has 184 valence electrons. The lowest BCUT2D eigenvalue weighted by Gasteiger charge is -1.96. The lowest BCUT2D eigenvalue weighted by Crippen LogP contribution is -2.12. The minimum Gasteiger partial charge on any atom is -0.466 e. The first kappa shape index (κ1) is 29.6. The van der Waals surface area contributed by atoms with Crippen LogP contribution in [0.4, 0.5) is 5.82 Å².